The van der Waals surface area contributed by atoms with Gasteiger partial charge in [-0.15, -0.1) is 5.10 Å². The molecule has 1 N–H and O–H groups in total. The van der Waals surface area contributed by atoms with Gasteiger partial charge in [-0.05, 0) is 11.6 Å². The Morgan fingerprint density at radius 3 is 3.00 bits per heavy atom. The number of rotatable bonds is 5. The summed E-state index contributed by atoms with van der Waals surface area (Å²) in [5.41, 5.74) is 2.05. The van der Waals surface area contributed by atoms with Crippen LogP contribution in [0.5, 0.6) is 5.88 Å². The van der Waals surface area contributed by atoms with Crippen LogP contribution < -0.4 is 10.1 Å². The summed E-state index contributed by atoms with van der Waals surface area (Å²) in [6.07, 6.45) is 3.62. The molecular weight excluding hydrogens is 218 g/mol. The number of aryl methyl sites for hydroxylation is 1. The Hall–Kier alpha value is -1.95. The van der Waals surface area contributed by atoms with Crippen LogP contribution in [-0.2, 0) is 20.1 Å². The number of methoxy groups -OCH3 is 1. The summed E-state index contributed by atoms with van der Waals surface area (Å²) >= 11 is 0. The van der Waals surface area contributed by atoms with E-state index in [2.05, 4.69) is 20.6 Å². The highest BCUT2D eigenvalue weighted by Gasteiger charge is 1.99. The minimum Gasteiger partial charge on any atom is -0.481 e. The molecule has 0 aliphatic rings. The van der Waals surface area contributed by atoms with E-state index < -0.39 is 0 Å². The van der Waals surface area contributed by atoms with Crippen LogP contribution in [0.25, 0.3) is 0 Å². The molecule has 0 spiro atoms. The third-order valence-corrected chi connectivity index (χ3v) is 2.29. The predicted octanol–water partition coefficient (Wildman–Crippen LogP) is 0.508. The van der Waals surface area contributed by atoms with Gasteiger partial charge in [0, 0.05) is 38.6 Å². The smallest absolute Gasteiger partial charge is 0.213 e. The van der Waals surface area contributed by atoms with Gasteiger partial charge in [0.2, 0.25) is 5.88 Å². The van der Waals surface area contributed by atoms with Crippen molar-refractivity contribution >= 4 is 0 Å². The summed E-state index contributed by atoms with van der Waals surface area (Å²) < 4.78 is 6.75. The molecule has 2 aromatic heterocycles. The summed E-state index contributed by atoms with van der Waals surface area (Å²) in [6, 6.07) is 3.86. The topological polar surface area (TPSA) is 64.9 Å². The molecule has 17 heavy (non-hydrogen) atoms. The van der Waals surface area contributed by atoms with Crippen LogP contribution in [0.15, 0.2) is 24.5 Å². The summed E-state index contributed by atoms with van der Waals surface area (Å²) in [7, 11) is 3.46. The van der Waals surface area contributed by atoms with Crippen LogP contribution in [0.4, 0.5) is 0 Å². The first-order valence-corrected chi connectivity index (χ1v) is 5.33. The largest absolute Gasteiger partial charge is 0.481 e. The van der Waals surface area contributed by atoms with E-state index in [0.717, 1.165) is 17.8 Å². The third-order valence-electron chi connectivity index (χ3n) is 2.29. The average Bonchev–Trinajstić information content (AvgIpc) is 2.75. The molecule has 2 aromatic rings. The maximum Gasteiger partial charge on any atom is 0.213 e. The van der Waals surface area contributed by atoms with Crippen LogP contribution in [0, 0.1) is 0 Å². The molecule has 0 amide bonds. The molecule has 6 heteroatoms. The first kappa shape index (κ1) is 11.5. The first-order valence-electron chi connectivity index (χ1n) is 5.33. The van der Waals surface area contributed by atoms with Crippen molar-refractivity contribution in [3.05, 3.63) is 35.8 Å². The SMILES string of the molecule is COc1cc(CNCc2cn(C)nn2)ccn1. The molecule has 0 aromatic carbocycles. The lowest BCUT2D eigenvalue weighted by molar-refractivity contribution is 0.397. The molecule has 2 rings (SSSR count). The Morgan fingerprint density at radius 1 is 1.41 bits per heavy atom. The molecule has 0 saturated heterocycles. The summed E-state index contributed by atoms with van der Waals surface area (Å²) in [4.78, 5) is 4.05. The Morgan fingerprint density at radius 2 is 2.29 bits per heavy atom. The first-order chi connectivity index (χ1) is 8.28. The van der Waals surface area contributed by atoms with Crippen molar-refractivity contribution in [2.24, 2.45) is 7.05 Å². The summed E-state index contributed by atoms with van der Waals surface area (Å²) in [6.45, 7) is 1.44. The molecular formula is C11H15N5O. The van der Waals surface area contributed by atoms with Crippen molar-refractivity contribution in [2.75, 3.05) is 7.11 Å². The fourth-order valence-corrected chi connectivity index (χ4v) is 1.48. The number of ether oxygens (including phenoxy) is 1. The fourth-order valence-electron chi connectivity index (χ4n) is 1.48. The molecule has 2 heterocycles. The van der Waals surface area contributed by atoms with Gasteiger partial charge < -0.3 is 10.1 Å². The Bertz CT molecular complexity index is 482. The van der Waals surface area contributed by atoms with Gasteiger partial charge in [0.1, 0.15) is 0 Å². The zero-order chi connectivity index (χ0) is 12.1. The molecule has 0 radical (unpaired) electrons. The quantitative estimate of drug-likeness (QED) is 0.815. The van der Waals surface area contributed by atoms with E-state index in [-0.39, 0.29) is 0 Å². The maximum atomic E-state index is 5.06. The summed E-state index contributed by atoms with van der Waals surface area (Å²) in [5, 5.41) is 11.1. The highest BCUT2D eigenvalue weighted by Crippen LogP contribution is 2.08. The van der Waals surface area contributed by atoms with Gasteiger partial charge in [-0.1, -0.05) is 5.21 Å². The van der Waals surface area contributed by atoms with Crippen molar-refractivity contribution in [3.63, 3.8) is 0 Å². The zero-order valence-electron chi connectivity index (χ0n) is 9.92. The van der Waals surface area contributed by atoms with Crippen molar-refractivity contribution in [3.8, 4) is 5.88 Å². The fraction of sp³-hybridized carbons (Fsp3) is 0.364. The maximum absolute atomic E-state index is 5.06. The average molecular weight is 233 g/mol. The minimum absolute atomic E-state index is 0.629. The highest BCUT2D eigenvalue weighted by atomic mass is 16.5. The van der Waals surface area contributed by atoms with Crippen LogP contribution in [0.2, 0.25) is 0 Å². The molecule has 0 saturated carbocycles. The third kappa shape index (κ3) is 3.25. The van der Waals surface area contributed by atoms with Gasteiger partial charge >= 0.3 is 0 Å². The number of hydrogen-bond donors (Lipinski definition) is 1. The number of nitrogens with one attached hydrogen (secondary N) is 1. The van der Waals surface area contributed by atoms with Gasteiger partial charge in [0.15, 0.2) is 0 Å². The second kappa shape index (κ2) is 5.40. The van der Waals surface area contributed by atoms with Crippen molar-refractivity contribution in [1.29, 1.82) is 0 Å². The minimum atomic E-state index is 0.629. The number of hydrogen-bond acceptors (Lipinski definition) is 5. The molecule has 0 unspecified atom stereocenters. The van der Waals surface area contributed by atoms with Crippen molar-refractivity contribution in [2.45, 2.75) is 13.1 Å². The van der Waals surface area contributed by atoms with E-state index in [9.17, 15) is 0 Å². The molecule has 0 atom stereocenters. The van der Waals surface area contributed by atoms with E-state index in [0.29, 0.717) is 12.4 Å². The molecule has 0 fully saturated rings. The van der Waals surface area contributed by atoms with Gasteiger partial charge in [-0.2, -0.15) is 0 Å². The van der Waals surface area contributed by atoms with E-state index in [1.807, 2.05) is 25.4 Å². The van der Waals surface area contributed by atoms with Crippen LogP contribution >= 0.6 is 0 Å². The normalized spacial score (nSPS) is 10.5. The monoisotopic (exact) mass is 233 g/mol. The lowest BCUT2D eigenvalue weighted by Gasteiger charge is -2.04. The number of aromatic nitrogens is 4. The second-order valence-electron chi connectivity index (χ2n) is 3.69. The second-order valence-corrected chi connectivity index (χ2v) is 3.69. The summed E-state index contributed by atoms with van der Waals surface area (Å²) in [5.74, 6) is 0.629. The molecule has 0 aliphatic heterocycles. The van der Waals surface area contributed by atoms with E-state index in [1.165, 1.54) is 0 Å². The molecule has 0 bridgehead atoms. The van der Waals surface area contributed by atoms with Crippen LogP contribution in [-0.4, -0.2) is 27.1 Å². The van der Waals surface area contributed by atoms with Crippen LogP contribution in [0.1, 0.15) is 11.3 Å². The standard InChI is InChI=1S/C11H15N5O/c1-16-8-10(14-15-16)7-12-6-9-3-4-13-11(5-9)17-2/h3-5,8,12H,6-7H2,1-2H3. The Kier molecular flexibility index (Phi) is 3.66. The van der Waals surface area contributed by atoms with Gasteiger partial charge in [-0.3, -0.25) is 4.68 Å². The zero-order valence-corrected chi connectivity index (χ0v) is 9.92. The van der Waals surface area contributed by atoms with Gasteiger partial charge in [0.25, 0.3) is 0 Å². The van der Waals surface area contributed by atoms with Crippen molar-refractivity contribution in [1.82, 2.24) is 25.3 Å². The van der Waals surface area contributed by atoms with E-state index >= 15 is 0 Å². The Balaban J connectivity index is 1.85. The lowest BCUT2D eigenvalue weighted by Crippen LogP contribution is -2.13. The molecule has 0 aliphatic carbocycles. The van der Waals surface area contributed by atoms with E-state index in [1.54, 1.807) is 18.0 Å². The van der Waals surface area contributed by atoms with Gasteiger partial charge in [-0.25, -0.2) is 4.98 Å². The highest BCUT2D eigenvalue weighted by molar-refractivity contribution is 5.20. The number of nitrogens with zero attached hydrogens (tertiary/aromatic N) is 4. The van der Waals surface area contributed by atoms with Crippen molar-refractivity contribution < 1.29 is 4.74 Å². The Labute approximate surface area is 99.6 Å². The molecule has 6 nitrogen and oxygen atoms in total. The number of pyridine rings is 1. The predicted molar refractivity (Wildman–Crippen MR) is 62.3 cm³/mol. The molecule has 90 valence electrons. The van der Waals surface area contributed by atoms with Crippen LogP contribution in [0.3, 0.4) is 0 Å². The van der Waals surface area contributed by atoms with E-state index in [4.69, 9.17) is 4.74 Å². The van der Waals surface area contributed by atoms with Gasteiger partial charge in [0.05, 0.1) is 12.8 Å². The lowest BCUT2D eigenvalue weighted by atomic mass is 10.2.